The highest BCUT2D eigenvalue weighted by Crippen LogP contribution is 2.35. The van der Waals surface area contributed by atoms with E-state index in [0.717, 1.165) is 21.9 Å². The van der Waals surface area contributed by atoms with Crippen molar-refractivity contribution < 1.29 is 13.9 Å². The highest BCUT2D eigenvalue weighted by Gasteiger charge is 2.34. The fourth-order valence-corrected chi connectivity index (χ4v) is 6.26. The second-order valence-corrected chi connectivity index (χ2v) is 11.0. The Balaban J connectivity index is 1.52. The molecular formula is C31H22Cl2N2O4S. The molecule has 0 unspecified atom stereocenters. The number of furan rings is 1. The van der Waals surface area contributed by atoms with E-state index in [2.05, 4.69) is 4.99 Å². The molecule has 5 aromatic rings. The molecule has 3 aromatic carbocycles. The van der Waals surface area contributed by atoms with Crippen LogP contribution >= 0.6 is 34.5 Å². The van der Waals surface area contributed by atoms with Crippen molar-refractivity contribution in [2.24, 2.45) is 4.99 Å². The SMILES string of the molecule is CCOC(=O)C1=C(C)N=c2s/c(=C/c3ccc(-c4ccc(Cl)c(Cl)c4)o3)c(=O)n2[C@@H]1c1cccc2ccccc12. The van der Waals surface area contributed by atoms with E-state index in [1.165, 1.54) is 11.3 Å². The third kappa shape index (κ3) is 4.60. The summed E-state index contributed by atoms with van der Waals surface area (Å²) in [5.41, 5.74) is 2.17. The van der Waals surface area contributed by atoms with Crippen LogP contribution in [-0.2, 0) is 9.53 Å². The van der Waals surface area contributed by atoms with Gasteiger partial charge in [-0.25, -0.2) is 9.79 Å². The van der Waals surface area contributed by atoms with Crippen LogP contribution in [0.5, 0.6) is 0 Å². The lowest BCUT2D eigenvalue weighted by molar-refractivity contribution is -0.139. The van der Waals surface area contributed by atoms with Gasteiger partial charge in [-0.2, -0.15) is 0 Å². The average molecular weight is 590 g/mol. The predicted octanol–water partition coefficient (Wildman–Crippen LogP) is 6.52. The van der Waals surface area contributed by atoms with Gasteiger partial charge >= 0.3 is 5.97 Å². The van der Waals surface area contributed by atoms with Crippen molar-refractivity contribution in [3.63, 3.8) is 0 Å². The van der Waals surface area contributed by atoms with Crippen LogP contribution in [0.25, 0.3) is 28.2 Å². The summed E-state index contributed by atoms with van der Waals surface area (Å²) < 4.78 is 13.5. The van der Waals surface area contributed by atoms with Gasteiger partial charge in [-0.3, -0.25) is 9.36 Å². The first-order valence-corrected chi connectivity index (χ1v) is 14.2. The van der Waals surface area contributed by atoms with Gasteiger partial charge < -0.3 is 9.15 Å². The van der Waals surface area contributed by atoms with Crippen LogP contribution in [0.15, 0.2) is 98.3 Å². The van der Waals surface area contributed by atoms with Gasteiger partial charge in [0.05, 0.1) is 38.5 Å². The Bertz CT molecular complexity index is 2010. The van der Waals surface area contributed by atoms with E-state index in [-0.39, 0.29) is 12.2 Å². The van der Waals surface area contributed by atoms with Crippen LogP contribution in [0.3, 0.4) is 0 Å². The molecule has 1 atom stereocenters. The Morgan fingerprint density at radius 3 is 2.67 bits per heavy atom. The van der Waals surface area contributed by atoms with Crippen molar-refractivity contribution in [3.05, 3.63) is 125 Å². The van der Waals surface area contributed by atoms with E-state index in [1.54, 1.807) is 42.7 Å². The normalized spacial score (nSPS) is 15.3. The summed E-state index contributed by atoms with van der Waals surface area (Å²) in [6.45, 7) is 3.74. The van der Waals surface area contributed by atoms with Crippen LogP contribution in [0.4, 0.5) is 0 Å². The first-order chi connectivity index (χ1) is 19.4. The molecule has 0 bridgehead atoms. The molecule has 0 N–H and O–H groups in total. The number of esters is 1. The Morgan fingerprint density at radius 1 is 1.07 bits per heavy atom. The maximum absolute atomic E-state index is 14.0. The molecule has 0 fully saturated rings. The number of halogens is 2. The van der Waals surface area contributed by atoms with Gasteiger partial charge in [0.25, 0.3) is 5.56 Å². The lowest BCUT2D eigenvalue weighted by Crippen LogP contribution is -2.40. The monoisotopic (exact) mass is 588 g/mol. The Labute approximate surface area is 243 Å². The number of hydrogen-bond acceptors (Lipinski definition) is 6. The van der Waals surface area contributed by atoms with Crippen LogP contribution in [0.2, 0.25) is 10.0 Å². The fraction of sp³-hybridized carbons (Fsp3) is 0.129. The maximum Gasteiger partial charge on any atom is 0.338 e. The molecule has 1 aliphatic heterocycles. The minimum atomic E-state index is -0.702. The third-order valence-electron chi connectivity index (χ3n) is 6.74. The molecule has 1 aliphatic rings. The van der Waals surface area contributed by atoms with E-state index >= 15 is 0 Å². The van der Waals surface area contributed by atoms with E-state index in [0.29, 0.717) is 42.2 Å². The smallest absolute Gasteiger partial charge is 0.338 e. The largest absolute Gasteiger partial charge is 0.463 e. The molecule has 6 nitrogen and oxygen atoms in total. The van der Waals surface area contributed by atoms with Crippen molar-refractivity contribution in [1.82, 2.24) is 4.57 Å². The molecule has 0 spiro atoms. The zero-order valence-electron chi connectivity index (χ0n) is 21.5. The molecule has 200 valence electrons. The first kappa shape index (κ1) is 26.3. The lowest BCUT2D eigenvalue weighted by atomic mass is 9.91. The van der Waals surface area contributed by atoms with Crippen molar-refractivity contribution >= 4 is 57.4 Å². The number of carbonyl (C=O) groups is 1. The molecule has 40 heavy (non-hydrogen) atoms. The molecule has 0 saturated carbocycles. The second kappa shape index (κ2) is 10.6. The standard InChI is InChI=1S/C31H22Cl2N2O4S/c1-3-38-30(37)27-17(2)34-31-35(28(27)22-10-6-8-18-7-4-5-9-21(18)22)29(36)26(40-31)16-20-12-14-25(39-20)19-11-13-23(32)24(33)15-19/h4-16,28H,3H2,1-2H3/b26-16+/t28-/m1/s1. The van der Waals surface area contributed by atoms with Gasteiger partial charge in [-0.1, -0.05) is 77.0 Å². The Morgan fingerprint density at radius 2 is 1.88 bits per heavy atom. The van der Waals surface area contributed by atoms with E-state index < -0.39 is 12.0 Å². The third-order valence-corrected chi connectivity index (χ3v) is 8.46. The van der Waals surface area contributed by atoms with Gasteiger partial charge in [0.2, 0.25) is 0 Å². The zero-order chi connectivity index (χ0) is 28.0. The molecular weight excluding hydrogens is 567 g/mol. The molecule has 0 saturated heterocycles. The second-order valence-electron chi connectivity index (χ2n) is 9.20. The number of hydrogen-bond donors (Lipinski definition) is 0. The number of fused-ring (bicyclic) bond motifs is 2. The quantitative estimate of drug-likeness (QED) is 0.219. The summed E-state index contributed by atoms with van der Waals surface area (Å²) in [5, 5.41) is 2.83. The Hall–Kier alpha value is -3.91. The number of ether oxygens (including phenoxy) is 1. The van der Waals surface area contributed by atoms with Crippen molar-refractivity contribution in [2.45, 2.75) is 19.9 Å². The molecule has 3 heterocycles. The average Bonchev–Trinajstić information content (AvgIpc) is 3.53. The number of aromatic nitrogens is 1. The van der Waals surface area contributed by atoms with Crippen molar-refractivity contribution in [2.75, 3.05) is 6.61 Å². The van der Waals surface area contributed by atoms with Crippen LogP contribution < -0.4 is 14.9 Å². The lowest BCUT2D eigenvalue weighted by Gasteiger charge is -2.25. The van der Waals surface area contributed by atoms with Crippen molar-refractivity contribution in [1.29, 1.82) is 0 Å². The van der Waals surface area contributed by atoms with Crippen molar-refractivity contribution in [3.8, 4) is 11.3 Å². The molecule has 9 heteroatoms. The molecule has 0 radical (unpaired) electrons. The zero-order valence-corrected chi connectivity index (χ0v) is 23.8. The molecule has 6 rings (SSSR count). The summed E-state index contributed by atoms with van der Waals surface area (Å²) in [6.07, 6.45) is 1.69. The fourth-order valence-electron chi connectivity index (χ4n) is 4.94. The molecule has 0 aliphatic carbocycles. The topological polar surface area (TPSA) is 73.8 Å². The molecule has 0 amide bonds. The summed E-state index contributed by atoms with van der Waals surface area (Å²) in [7, 11) is 0. The number of allylic oxidation sites excluding steroid dienone is 1. The summed E-state index contributed by atoms with van der Waals surface area (Å²) in [5.74, 6) is 0.592. The summed E-state index contributed by atoms with van der Waals surface area (Å²) in [6, 6.07) is 21.9. The summed E-state index contributed by atoms with van der Waals surface area (Å²) >= 11 is 13.5. The predicted molar refractivity (Wildman–Crippen MR) is 159 cm³/mol. The van der Waals surface area contributed by atoms with Crippen LogP contribution in [0.1, 0.15) is 31.2 Å². The van der Waals surface area contributed by atoms with Gasteiger partial charge in [0, 0.05) is 11.6 Å². The van der Waals surface area contributed by atoms with E-state index in [9.17, 15) is 9.59 Å². The van der Waals surface area contributed by atoms with Gasteiger partial charge in [0.15, 0.2) is 4.80 Å². The van der Waals surface area contributed by atoms with E-state index in [1.807, 2.05) is 54.6 Å². The molecule has 2 aromatic heterocycles. The Kier molecular flexibility index (Phi) is 6.96. The minimum absolute atomic E-state index is 0.210. The summed E-state index contributed by atoms with van der Waals surface area (Å²) in [4.78, 5) is 32.4. The maximum atomic E-state index is 14.0. The number of rotatable bonds is 5. The van der Waals surface area contributed by atoms with Gasteiger partial charge in [-0.15, -0.1) is 0 Å². The number of carbonyl (C=O) groups excluding carboxylic acids is 1. The van der Waals surface area contributed by atoms with Crippen LogP contribution in [-0.4, -0.2) is 17.1 Å². The number of nitrogens with zero attached hydrogens (tertiary/aromatic N) is 2. The highest BCUT2D eigenvalue weighted by atomic mass is 35.5. The number of benzene rings is 3. The van der Waals surface area contributed by atoms with Gasteiger partial charge in [-0.05, 0) is 60.5 Å². The highest BCUT2D eigenvalue weighted by molar-refractivity contribution is 7.07. The van der Waals surface area contributed by atoms with E-state index in [4.69, 9.17) is 32.4 Å². The minimum Gasteiger partial charge on any atom is -0.463 e. The number of thiazole rings is 1. The first-order valence-electron chi connectivity index (χ1n) is 12.6. The van der Waals surface area contributed by atoms with Crippen LogP contribution in [0, 0.1) is 0 Å². The van der Waals surface area contributed by atoms with Gasteiger partial charge in [0.1, 0.15) is 11.5 Å².